The molecule has 140 valence electrons. The van der Waals surface area contributed by atoms with Gasteiger partial charge in [0.2, 0.25) is 0 Å². The Balaban J connectivity index is 1.97. The van der Waals surface area contributed by atoms with Gasteiger partial charge in [-0.05, 0) is 25.9 Å². The van der Waals surface area contributed by atoms with Crippen molar-refractivity contribution >= 4 is 17.6 Å². The van der Waals surface area contributed by atoms with Crippen LogP contribution in [0.1, 0.15) is 18.9 Å². The van der Waals surface area contributed by atoms with Gasteiger partial charge in [-0.3, -0.25) is 4.79 Å². The topological polar surface area (TPSA) is 84.9 Å². The van der Waals surface area contributed by atoms with Gasteiger partial charge in [0.25, 0.3) is 0 Å². The van der Waals surface area contributed by atoms with Gasteiger partial charge in [-0.15, -0.1) is 0 Å². The van der Waals surface area contributed by atoms with Crippen molar-refractivity contribution in [2.75, 3.05) is 26.7 Å². The molecule has 0 spiro atoms. The van der Waals surface area contributed by atoms with E-state index in [-0.39, 0.29) is 10.8 Å². The molecular weight excluding hydrogens is 360 g/mol. The first kappa shape index (κ1) is 18.7. The van der Waals surface area contributed by atoms with Crippen molar-refractivity contribution in [2.24, 2.45) is 0 Å². The van der Waals surface area contributed by atoms with Gasteiger partial charge in [-0.1, -0.05) is 41.9 Å². The van der Waals surface area contributed by atoms with E-state index in [4.69, 9.17) is 20.9 Å². The number of carbonyl (C=O) groups is 1. The summed E-state index contributed by atoms with van der Waals surface area (Å²) in [5, 5.41) is 9.60. The lowest BCUT2D eigenvalue weighted by atomic mass is 10.1. The second-order valence-corrected chi connectivity index (χ2v) is 6.67. The van der Waals surface area contributed by atoms with Crippen LogP contribution in [0.2, 0.25) is 5.02 Å². The second kappa shape index (κ2) is 8.07. The molecule has 1 saturated heterocycles. The molecule has 1 aliphatic rings. The van der Waals surface area contributed by atoms with E-state index in [2.05, 4.69) is 4.90 Å². The molecule has 1 aliphatic heterocycles. The Kier molecular flexibility index (Phi) is 5.80. The van der Waals surface area contributed by atoms with Gasteiger partial charge >= 0.3 is 11.5 Å². The highest BCUT2D eigenvalue weighted by Gasteiger charge is 2.36. The van der Waals surface area contributed by atoms with Crippen LogP contribution in [-0.4, -0.2) is 53.6 Å². The van der Waals surface area contributed by atoms with Gasteiger partial charge in [-0.2, -0.15) is 4.74 Å². The summed E-state index contributed by atoms with van der Waals surface area (Å²) in [5.41, 5.74) is -0.0765. The molecule has 0 amide bonds. The first-order valence-corrected chi connectivity index (χ1v) is 8.85. The molecule has 2 unspecified atom stereocenters. The van der Waals surface area contributed by atoms with E-state index >= 15 is 0 Å². The molecule has 0 bridgehead atoms. The molecule has 1 fully saturated rings. The summed E-state index contributed by atoms with van der Waals surface area (Å²) in [5.74, 6) is -1.05. The quantitative estimate of drug-likeness (QED) is 0.794. The van der Waals surface area contributed by atoms with E-state index in [1.165, 1.54) is 7.11 Å². The molecular formula is C18H21ClN2O5. The molecule has 2 aromatic rings. The molecule has 0 saturated carbocycles. The van der Waals surface area contributed by atoms with E-state index < -0.39 is 23.7 Å². The third-order valence-corrected chi connectivity index (χ3v) is 4.94. The maximum absolute atomic E-state index is 12.6. The number of methoxy groups -OCH3 is 1. The third-order valence-electron chi connectivity index (χ3n) is 4.61. The number of likely N-dealkylation sites (tertiary alicyclic amines) is 1. The van der Waals surface area contributed by atoms with Crippen LogP contribution in [0.4, 0.5) is 0 Å². The summed E-state index contributed by atoms with van der Waals surface area (Å²) >= 11 is 6.14. The van der Waals surface area contributed by atoms with Crippen LogP contribution in [0.15, 0.2) is 39.6 Å². The minimum atomic E-state index is -1.30. The van der Waals surface area contributed by atoms with Crippen LogP contribution in [0.3, 0.4) is 0 Å². The van der Waals surface area contributed by atoms with Crippen LogP contribution in [-0.2, 0) is 9.53 Å². The lowest BCUT2D eigenvalue weighted by Crippen LogP contribution is -2.43. The number of ether oxygens (including phenoxy) is 1. The van der Waals surface area contributed by atoms with Crippen LogP contribution >= 0.6 is 11.6 Å². The monoisotopic (exact) mass is 380 g/mol. The number of benzene rings is 1. The van der Waals surface area contributed by atoms with Gasteiger partial charge in [0.15, 0.2) is 16.8 Å². The SMILES string of the molecule is COC(CN1CCCC1)C(C(=O)O)n1oc(-c2ccccc2)c(Cl)c1=O. The maximum Gasteiger partial charge on any atom is 0.332 e. The average Bonchev–Trinajstić information content (AvgIpc) is 3.25. The van der Waals surface area contributed by atoms with E-state index in [9.17, 15) is 14.7 Å². The highest BCUT2D eigenvalue weighted by atomic mass is 35.5. The minimum Gasteiger partial charge on any atom is -0.480 e. The largest absolute Gasteiger partial charge is 0.480 e. The fourth-order valence-corrected chi connectivity index (χ4v) is 3.49. The Morgan fingerprint density at radius 3 is 2.54 bits per heavy atom. The van der Waals surface area contributed by atoms with Crippen LogP contribution in [0.25, 0.3) is 11.3 Å². The highest BCUT2D eigenvalue weighted by Crippen LogP contribution is 2.28. The van der Waals surface area contributed by atoms with Gasteiger partial charge in [0.05, 0.1) is 0 Å². The van der Waals surface area contributed by atoms with E-state index in [1.54, 1.807) is 24.3 Å². The van der Waals surface area contributed by atoms with Crippen molar-refractivity contribution in [3.63, 3.8) is 0 Å². The van der Waals surface area contributed by atoms with Crippen LogP contribution in [0, 0.1) is 0 Å². The van der Waals surface area contributed by atoms with Gasteiger partial charge < -0.3 is 19.3 Å². The van der Waals surface area contributed by atoms with Crippen molar-refractivity contribution < 1.29 is 19.2 Å². The fraction of sp³-hybridized carbons (Fsp3) is 0.444. The molecule has 2 atom stereocenters. The van der Waals surface area contributed by atoms with Gasteiger partial charge in [0, 0.05) is 19.2 Å². The molecule has 3 rings (SSSR count). The van der Waals surface area contributed by atoms with Crippen molar-refractivity contribution in [3.8, 4) is 11.3 Å². The van der Waals surface area contributed by atoms with E-state index in [1.807, 2.05) is 6.07 Å². The Morgan fingerprint density at radius 2 is 1.96 bits per heavy atom. The number of aliphatic carboxylic acids is 1. The number of halogens is 1. The maximum atomic E-state index is 12.6. The Labute approximate surface area is 155 Å². The molecule has 0 radical (unpaired) electrons. The van der Waals surface area contributed by atoms with Gasteiger partial charge in [-0.25, -0.2) is 4.79 Å². The number of hydrogen-bond donors (Lipinski definition) is 1. The van der Waals surface area contributed by atoms with Crippen LogP contribution in [0.5, 0.6) is 0 Å². The molecule has 8 heteroatoms. The molecule has 7 nitrogen and oxygen atoms in total. The highest BCUT2D eigenvalue weighted by molar-refractivity contribution is 6.32. The summed E-state index contributed by atoms with van der Waals surface area (Å²) in [7, 11) is 1.43. The Bertz CT molecular complexity index is 811. The number of hydrogen-bond acceptors (Lipinski definition) is 5. The average molecular weight is 381 g/mol. The summed E-state index contributed by atoms with van der Waals surface area (Å²) in [6.45, 7) is 2.17. The van der Waals surface area contributed by atoms with Gasteiger partial charge in [0.1, 0.15) is 6.10 Å². The number of aromatic nitrogens is 1. The lowest BCUT2D eigenvalue weighted by Gasteiger charge is -2.26. The minimum absolute atomic E-state index is 0.140. The van der Waals surface area contributed by atoms with Crippen molar-refractivity contribution in [1.29, 1.82) is 0 Å². The molecule has 26 heavy (non-hydrogen) atoms. The normalized spacial score (nSPS) is 17.3. The fourth-order valence-electron chi connectivity index (χ4n) is 3.26. The number of nitrogens with zero attached hydrogens (tertiary/aromatic N) is 2. The summed E-state index contributed by atoms with van der Waals surface area (Å²) < 4.78 is 11.8. The standard InChI is InChI=1S/C18H21ClN2O5/c1-25-13(11-20-9-5-6-10-20)15(18(23)24)21-17(22)14(19)16(26-21)12-7-3-2-4-8-12/h2-4,7-8,13,15H,5-6,9-11H2,1H3,(H,23,24). The first-order valence-electron chi connectivity index (χ1n) is 8.47. The summed E-state index contributed by atoms with van der Waals surface area (Å²) in [4.78, 5) is 26.6. The van der Waals surface area contributed by atoms with Crippen molar-refractivity contribution in [1.82, 2.24) is 9.64 Å². The molecule has 1 N–H and O–H groups in total. The second-order valence-electron chi connectivity index (χ2n) is 6.30. The molecule has 1 aromatic heterocycles. The predicted octanol–water partition coefficient (Wildman–Crippen LogP) is 2.50. The summed E-state index contributed by atoms with van der Waals surface area (Å²) in [6, 6.07) is 7.56. The first-order chi connectivity index (χ1) is 12.5. The molecule has 0 aliphatic carbocycles. The van der Waals surface area contributed by atoms with Crippen molar-refractivity contribution in [2.45, 2.75) is 25.0 Å². The zero-order valence-electron chi connectivity index (χ0n) is 14.4. The molecule has 2 heterocycles. The smallest absolute Gasteiger partial charge is 0.332 e. The Morgan fingerprint density at radius 1 is 1.31 bits per heavy atom. The van der Waals surface area contributed by atoms with Crippen molar-refractivity contribution in [3.05, 3.63) is 45.7 Å². The van der Waals surface area contributed by atoms with E-state index in [0.717, 1.165) is 30.7 Å². The van der Waals surface area contributed by atoms with E-state index in [0.29, 0.717) is 12.1 Å². The zero-order chi connectivity index (χ0) is 18.7. The lowest BCUT2D eigenvalue weighted by molar-refractivity contribution is -0.149. The summed E-state index contributed by atoms with van der Waals surface area (Å²) in [6.07, 6.45) is 1.40. The number of carboxylic acids is 1. The number of carboxylic acid groups (broad SMARTS) is 1. The predicted molar refractivity (Wildman–Crippen MR) is 96.6 cm³/mol. The Hall–Kier alpha value is -2.09. The zero-order valence-corrected chi connectivity index (χ0v) is 15.2. The van der Waals surface area contributed by atoms with Crippen LogP contribution < -0.4 is 5.56 Å². The third kappa shape index (κ3) is 3.70. The number of rotatable bonds is 7. The molecule has 1 aromatic carbocycles.